The Labute approximate surface area is 107 Å². The monoisotopic (exact) mass is 257 g/mol. The zero-order chi connectivity index (χ0) is 11.7. The van der Waals surface area contributed by atoms with E-state index in [1.165, 1.54) is 12.8 Å². The van der Waals surface area contributed by atoms with Crippen molar-refractivity contribution in [3.05, 3.63) is 33.8 Å². The van der Waals surface area contributed by atoms with Crippen LogP contribution in [0, 0.1) is 11.8 Å². The van der Waals surface area contributed by atoms with E-state index in [2.05, 4.69) is 6.92 Å². The molecule has 2 atom stereocenters. The summed E-state index contributed by atoms with van der Waals surface area (Å²) >= 11 is 12.1. The molecule has 0 radical (unpaired) electrons. The van der Waals surface area contributed by atoms with Gasteiger partial charge < -0.3 is 5.73 Å². The highest BCUT2D eigenvalue weighted by molar-refractivity contribution is 6.42. The predicted octanol–water partition coefficient (Wildman–Crippen LogP) is 3.91. The van der Waals surface area contributed by atoms with E-state index in [0.717, 1.165) is 17.9 Å². The Morgan fingerprint density at radius 3 is 2.69 bits per heavy atom. The molecule has 0 bridgehead atoms. The van der Waals surface area contributed by atoms with Crippen LogP contribution in [-0.4, -0.2) is 6.04 Å². The molecule has 0 aliphatic heterocycles. The maximum atomic E-state index is 6.21. The van der Waals surface area contributed by atoms with E-state index in [9.17, 15) is 0 Å². The lowest BCUT2D eigenvalue weighted by molar-refractivity contribution is 0.404. The third-order valence-electron chi connectivity index (χ3n) is 3.53. The zero-order valence-electron chi connectivity index (χ0n) is 9.42. The number of rotatable bonds is 4. The minimum absolute atomic E-state index is 0.184. The maximum absolute atomic E-state index is 6.21. The molecule has 3 heteroatoms. The Kier molecular flexibility index (Phi) is 3.78. The largest absolute Gasteiger partial charge is 0.327 e. The average molecular weight is 258 g/mol. The Morgan fingerprint density at radius 2 is 2.06 bits per heavy atom. The molecule has 0 amide bonds. The summed E-state index contributed by atoms with van der Waals surface area (Å²) in [5.41, 5.74) is 7.27. The molecule has 0 heterocycles. The molecule has 0 spiro atoms. The van der Waals surface area contributed by atoms with Gasteiger partial charge >= 0.3 is 0 Å². The molecule has 1 aliphatic rings. The van der Waals surface area contributed by atoms with Gasteiger partial charge in [0, 0.05) is 6.04 Å². The number of hydrogen-bond acceptors (Lipinski definition) is 1. The van der Waals surface area contributed by atoms with E-state index in [4.69, 9.17) is 28.9 Å². The molecule has 1 aromatic rings. The van der Waals surface area contributed by atoms with Crippen LogP contribution in [0.3, 0.4) is 0 Å². The minimum atomic E-state index is 0.184. The molecule has 1 fully saturated rings. The number of nitrogens with two attached hydrogens (primary N) is 1. The van der Waals surface area contributed by atoms with Crippen LogP contribution < -0.4 is 5.73 Å². The molecule has 88 valence electrons. The molecule has 1 saturated carbocycles. The lowest BCUT2D eigenvalue weighted by Crippen LogP contribution is -2.31. The highest BCUT2D eigenvalue weighted by Crippen LogP contribution is 2.38. The molecule has 2 unspecified atom stereocenters. The number of benzene rings is 1. The van der Waals surface area contributed by atoms with Crippen molar-refractivity contribution in [1.82, 2.24) is 0 Å². The van der Waals surface area contributed by atoms with Gasteiger partial charge in [0.1, 0.15) is 0 Å². The second kappa shape index (κ2) is 4.95. The van der Waals surface area contributed by atoms with Crippen molar-refractivity contribution in [3.63, 3.8) is 0 Å². The fraction of sp³-hybridized carbons (Fsp3) is 0.538. The van der Waals surface area contributed by atoms with Crippen molar-refractivity contribution < 1.29 is 0 Å². The van der Waals surface area contributed by atoms with Crippen molar-refractivity contribution in [1.29, 1.82) is 0 Å². The van der Waals surface area contributed by atoms with Gasteiger partial charge in [0.05, 0.1) is 10.0 Å². The molecule has 2 rings (SSSR count). The SMILES string of the molecule is CC(C(N)Cc1cccc(Cl)c1Cl)C1CC1. The van der Waals surface area contributed by atoms with E-state index in [1.807, 2.05) is 18.2 Å². The summed E-state index contributed by atoms with van der Waals surface area (Å²) in [4.78, 5) is 0. The first-order chi connectivity index (χ1) is 7.59. The average Bonchev–Trinajstić information content (AvgIpc) is 3.07. The predicted molar refractivity (Wildman–Crippen MR) is 70.0 cm³/mol. The lowest BCUT2D eigenvalue weighted by atomic mass is 9.92. The van der Waals surface area contributed by atoms with Crippen molar-refractivity contribution in [2.75, 3.05) is 0 Å². The summed E-state index contributed by atoms with van der Waals surface area (Å²) in [7, 11) is 0. The molecule has 1 aliphatic carbocycles. The van der Waals surface area contributed by atoms with Crippen molar-refractivity contribution in [2.45, 2.75) is 32.2 Å². The first-order valence-electron chi connectivity index (χ1n) is 5.78. The van der Waals surface area contributed by atoms with Crippen LogP contribution in [0.5, 0.6) is 0 Å². The first kappa shape index (κ1) is 12.2. The molecular weight excluding hydrogens is 241 g/mol. The summed E-state index contributed by atoms with van der Waals surface area (Å²) < 4.78 is 0. The van der Waals surface area contributed by atoms with E-state index >= 15 is 0 Å². The Morgan fingerprint density at radius 1 is 1.38 bits per heavy atom. The van der Waals surface area contributed by atoms with Crippen LogP contribution in [0.1, 0.15) is 25.3 Å². The topological polar surface area (TPSA) is 26.0 Å². The van der Waals surface area contributed by atoms with Gasteiger partial charge in [-0.25, -0.2) is 0 Å². The van der Waals surface area contributed by atoms with Crippen LogP contribution in [-0.2, 0) is 6.42 Å². The van der Waals surface area contributed by atoms with Gasteiger partial charge in [0.2, 0.25) is 0 Å². The molecule has 1 nitrogen and oxygen atoms in total. The van der Waals surface area contributed by atoms with Crippen LogP contribution in [0.25, 0.3) is 0 Å². The van der Waals surface area contributed by atoms with Crippen LogP contribution in [0.4, 0.5) is 0 Å². The summed E-state index contributed by atoms with van der Waals surface area (Å²) in [6.45, 7) is 2.24. The second-order valence-corrected chi connectivity index (χ2v) is 5.56. The van der Waals surface area contributed by atoms with E-state index in [-0.39, 0.29) is 6.04 Å². The third-order valence-corrected chi connectivity index (χ3v) is 4.39. The second-order valence-electron chi connectivity index (χ2n) is 4.78. The smallest absolute Gasteiger partial charge is 0.0624 e. The normalized spacial score (nSPS) is 19.5. The zero-order valence-corrected chi connectivity index (χ0v) is 10.9. The standard InChI is InChI=1S/C13H17Cl2N/c1-8(9-5-6-9)12(16)7-10-3-2-4-11(14)13(10)15/h2-4,8-9,12H,5-7,16H2,1H3. The fourth-order valence-corrected chi connectivity index (χ4v) is 2.51. The van der Waals surface area contributed by atoms with Gasteiger partial charge in [-0.2, -0.15) is 0 Å². The minimum Gasteiger partial charge on any atom is -0.327 e. The molecule has 0 aromatic heterocycles. The van der Waals surface area contributed by atoms with E-state index in [1.54, 1.807) is 0 Å². The van der Waals surface area contributed by atoms with Crippen LogP contribution in [0.15, 0.2) is 18.2 Å². The van der Waals surface area contributed by atoms with Crippen molar-refractivity contribution in [2.24, 2.45) is 17.6 Å². The molecule has 16 heavy (non-hydrogen) atoms. The lowest BCUT2D eigenvalue weighted by Gasteiger charge is -2.20. The summed E-state index contributed by atoms with van der Waals surface area (Å²) in [6.07, 6.45) is 3.48. The Hall–Kier alpha value is -0.240. The Balaban J connectivity index is 2.05. The number of hydrogen-bond donors (Lipinski definition) is 1. The van der Waals surface area contributed by atoms with Crippen LogP contribution in [0.2, 0.25) is 10.0 Å². The molecular formula is C13H17Cl2N. The van der Waals surface area contributed by atoms with Crippen LogP contribution >= 0.6 is 23.2 Å². The Bertz CT molecular complexity index is 374. The van der Waals surface area contributed by atoms with Gasteiger partial charge in [-0.1, -0.05) is 42.3 Å². The quantitative estimate of drug-likeness (QED) is 0.870. The highest BCUT2D eigenvalue weighted by atomic mass is 35.5. The van der Waals surface area contributed by atoms with Gasteiger partial charge in [-0.15, -0.1) is 0 Å². The van der Waals surface area contributed by atoms with Crippen molar-refractivity contribution >= 4 is 23.2 Å². The number of halogens is 2. The molecule has 0 saturated heterocycles. The van der Waals surface area contributed by atoms with Gasteiger partial charge in [0.25, 0.3) is 0 Å². The summed E-state index contributed by atoms with van der Waals surface area (Å²) in [5, 5.41) is 1.27. The summed E-state index contributed by atoms with van der Waals surface area (Å²) in [5.74, 6) is 1.41. The molecule has 1 aromatic carbocycles. The fourth-order valence-electron chi connectivity index (χ4n) is 2.12. The third kappa shape index (κ3) is 2.71. The molecule has 2 N–H and O–H groups in total. The van der Waals surface area contributed by atoms with Gasteiger partial charge in [-0.3, -0.25) is 0 Å². The van der Waals surface area contributed by atoms with Gasteiger partial charge in [-0.05, 0) is 42.7 Å². The maximum Gasteiger partial charge on any atom is 0.0624 e. The highest BCUT2D eigenvalue weighted by Gasteiger charge is 2.31. The van der Waals surface area contributed by atoms with Crippen molar-refractivity contribution in [3.8, 4) is 0 Å². The summed E-state index contributed by atoms with van der Waals surface area (Å²) in [6, 6.07) is 5.93. The van der Waals surface area contributed by atoms with Gasteiger partial charge in [0.15, 0.2) is 0 Å². The van der Waals surface area contributed by atoms with E-state index in [0.29, 0.717) is 16.0 Å². The first-order valence-corrected chi connectivity index (χ1v) is 6.53. The van der Waals surface area contributed by atoms with E-state index < -0.39 is 0 Å².